The average molecular weight is 396 g/mol. The molecule has 0 bridgehead atoms. The fourth-order valence-electron chi connectivity index (χ4n) is 3.97. The van der Waals surface area contributed by atoms with Gasteiger partial charge >= 0.3 is 0 Å². The van der Waals surface area contributed by atoms with Gasteiger partial charge in [-0.05, 0) is 37.2 Å². The van der Waals surface area contributed by atoms with Crippen molar-refractivity contribution in [2.45, 2.75) is 12.8 Å². The molecule has 2 aromatic heterocycles. The maximum absolute atomic E-state index is 12.7. The van der Waals surface area contributed by atoms with Gasteiger partial charge in [0, 0.05) is 56.3 Å². The third-order valence-corrected chi connectivity index (χ3v) is 5.62. The summed E-state index contributed by atoms with van der Waals surface area (Å²) in [5, 5.41) is 5.59. The van der Waals surface area contributed by atoms with E-state index in [4.69, 9.17) is 9.47 Å². The highest BCUT2D eigenvalue weighted by atomic mass is 16.5. The molecule has 0 unspecified atom stereocenters. The Morgan fingerprint density at radius 1 is 1.21 bits per heavy atom. The third kappa shape index (κ3) is 4.06. The van der Waals surface area contributed by atoms with E-state index in [2.05, 4.69) is 20.8 Å². The second kappa shape index (κ2) is 8.39. The van der Waals surface area contributed by atoms with Gasteiger partial charge in [0.2, 0.25) is 0 Å². The lowest BCUT2D eigenvalue weighted by molar-refractivity contribution is 0.0371. The van der Waals surface area contributed by atoms with Gasteiger partial charge in [-0.1, -0.05) is 0 Å². The van der Waals surface area contributed by atoms with Gasteiger partial charge in [-0.15, -0.1) is 0 Å². The van der Waals surface area contributed by atoms with E-state index in [1.165, 1.54) is 0 Å². The minimum absolute atomic E-state index is 0.0953. The van der Waals surface area contributed by atoms with Crippen LogP contribution in [0.15, 0.2) is 30.5 Å². The predicted octanol–water partition coefficient (Wildman–Crippen LogP) is 2.88. The van der Waals surface area contributed by atoms with Crippen LogP contribution in [0, 0.1) is 0 Å². The summed E-state index contributed by atoms with van der Waals surface area (Å²) in [6.07, 6.45) is 3.43. The minimum Gasteiger partial charge on any atom is -0.497 e. The van der Waals surface area contributed by atoms with Crippen LogP contribution in [0.5, 0.6) is 5.75 Å². The van der Waals surface area contributed by atoms with Crippen molar-refractivity contribution in [1.29, 1.82) is 0 Å². The summed E-state index contributed by atoms with van der Waals surface area (Å²) in [4.78, 5) is 15.1. The first kappa shape index (κ1) is 19.7. The number of morpholine rings is 1. The molecule has 0 spiro atoms. The lowest BCUT2D eigenvalue weighted by atomic mass is 10.1. The van der Waals surface area contributed by atoms with Crippen molar-refractivity contribution in [1.82, 2.24) is 19.2 Å². The number of benzene rings is 1. The highest BCUT2D eigenvalue weighted by Crippen LogP contribution is 2.33. The predicted molar refractivity (Wildman–Crippen MR) is 112 cm³/mol. The van der Waals surface area contributed by atoms with Crippen LogP contribution < -0.4 is 4.74 Å². The number of aromatic nitrogens is 3. The zero-order valence-electron chi connectivity index (χ0n) is 17.4. The van der Waals surface area contributed by atoms with E-state index in [0.29, 0.717) is 12.1 Å². The number of carbonyl (C=O) groups is 1. The molecule has 0 N–H and O–H groups in total. The van der Waals surface area contributed by atoms with Crippen molar-refractivity contribution in [3.05, 3.63) is 36.2 Å². The molecule has 1 saturated heterocycles. The van der Waals surface area contributed by atoms with E-state index >= 15 is 0 Å². The van der Waals surface area contributed by atoms with Crippen LogP contribution in [0.1, 0.15) is 23.3 Å². The second-order valence-corrected chi connectivity index (χ2v) is 7.56. The number of aryl methyl sites for hydroxylation is 2. The van der Waals surface area contributed by atoms with Crippen molar-refractivity contribution in [2.75, 3.05) is 40.0 Å². The number of methoxy groups -OCH3 is 1. The first-order valence-electron chi connectivity index (χ1n) is 10.1. The molecule has 3 aromatic rings. The van der Waals surface area contributed by atoms with E-state index in [-0.39, 0.29) is 5.78 Å². The fraction of sp³-hybridized carbons (Fsp3) is 0.455. The molecule has 0 radical (unpaired) electrons. The van der Waals surface area contributed by atoms with Gasteiger partial charge in [0.25, 0.3) is 0 Å². The fourth-order valence-corrected chi connectivity index (χ4v) is 3.97. The Morgan fingerprint density at radius 2 is 2.00 bits per heavy atom. The zero-order valence-corrected chi connectivity index (χ0v) is 17.4. The monoisotopic (exact) mass is 396 g/mol. The van der Waals surface area contributed by atoms with Gasteiger partial charge in [0.15, 0.2) is 5.78 Å². The SMILES string of the molecule is COc1ccc2c(c1)c(-c1cc(C(=O)CCCN3CCOCC3)nn1C)cn2C. The summed E-state index contributed by atoms with van der Waals surface area (Å²) in [6, 6.07) is 7.94. The van der Waals surface area contributed by atoms with Crippen molar-refractivity contribution >= 4 is 16.7 Å². The standard InChI is InChI=1S/C22H28N4O3/c1-24-15-18(17-13-16(28-3)6-7-20(17)24)21-14-19(23-25(21)2)22(27)5-4-8-26-9-11-29-12-10-26/h6-7,13-15H,4-5,8-12H2,1-3H3. The molecule has 7 heteroatoms. The largest absolute Gasteiger partial charge is 0.497 e. The summed E-state index contributed by atoms with van der Waals surface area (Å²) < 4.78 is 14.6. The van der Waals surface area contributed by atoms with Crippen LogP contribution in [0.2, 0.25) is 0 Å². The lowest BCUT2D eigenvalue weighted by Gasteiger charge is -2.26. The third-order valence-electron chi connectivity index (χ3n) is 5.62. The lowest BCUT2D eigenvalue weighted by Crippen LogP contribution is -2.36. The van der Waals surface area contributed by atoms with Crippen LogP contribution in [0.25, 0.3) is 22.2 Å². The Hall–Kier alpha value is -2.64. The number of carbonyl (C=O) groups excluding carboxylic acids is 1. The quantitative estimate of drug-likeness (QED) is 0.575. The Morgan fingerprint density at radius 3 is 2.76 bits per heavy atom. The molecule has 1 aliphatic rings. The topological polar surface area (TPSA) is 61.5 Å². The molecule has 7 nitrogen and oxygen atoms in total. The summed E-state index contributed by atoms with van der Waals surface area (Å²) in [5.41, 5.74) is 3.62. The van der Waals surface area contributed by atoms with Crippen molar-refractivity contribution in [3.63, 3.8) is 0 Å². The van der Waals surface area contributed by atoms with Crippen molar-refractivity contribution in [2.24, 2.45) is 14.1 Å². The highest BCUT2D eigenvalue weighted by molar-refractivity contribution is 5.99. The van der Waals surface area contributed by atoms with Gasteiger partial charge in [-0.3, -0.25) is 14.4 Å². The summed E-state index contributed by atoms with van der Waals surface area (Å²) in [5.74, 6) is 0.907. The number of fused-ring (bicyclic) bond motifs is 1. The highest BCUT2D eigenvalue weighted by Gasteiger charge is 2.18. The van der Waals surface area contributed by atoms with Crippen LogP contribution >= 0.6 is 0 Å². The number of hydrogen-bond acceptors (Lipinski definition) is 5. The molecular weight excluding hydrogens is 368 g/mol. The molecule has 1 fully saturated rings. The van der Waals surface area contributed by atoms with Gasteiger partial charge < -0.3 is 14.0 Å². The molecule has 0 aliphatic carbocycles. The molecule has 4 rings (SSSR count). The second-order valence-electron chi connectivity index (χ2n) is 7.56. The number of ketones is 1. The van der Waals surface area contributed by atoms with Gasteiger partial charge in [-0.25, -0.2) is 0 Å². The first-order chi connectivity index (χ1) is 14.1. The summed E-state index contributed by atoms with van der Waals surface area (Å²) in [7, 11) is 5.58. The van der Waals surface area contributed by atoms with Gasteiger partial charge in [-0.2, -0.15) is 5.10 Å². The molecule has 0 atom stereocenters. The Labute approximate surface area is 170 Å². The van der Waals surface area contributed by atoms with Crippen molar-refractivity contribution in [3.8, 4) is 17.0 Å². The smallest absolute Gasteiger partial charge is 0.183 e. The zero-order chi connectivity index (χ0) is 20.4. The number of nitrogens with zero attached hydrogens (tertiary/aromatic N) is 4. The van der Waals surface area contributed by atoms with Gasteiger partial charge in [0.1, 0.15) is 11.4 Å². The van der Waals surface area contributed by atoms with Crippen LogP contribution in [-0.2, 0) is 18.8 Å². The molecule has 1 aromatic carbocycles. The van der Waals surface area contributed by atoms with E-state index in [9.17, 15) is 4.79 Å². The number of ether oxygens (including phenoxy) is 2. The Bertz CT molecular complexity index is 1010. The first-order valence-corrected chi connectivity index (χ1v) is 10.1. The Balaban J connectivity index is 1.52. The number of hydrogen-bond donors (Lipinski definition) is 0. The van der Waals surface area contributed by atoms with Crippen molar-refractivity contribution < 1.29 is 14.3 Å². The summed E-state index contributed by atoms with van der Waals surface area (Å²) in [6.45, 7) is 4.40. The number of rotatable bonds is 7. The molecule has 29 heavy (non-hydrogen) atoms. The molecule has 0 amide bonds. The average Bonchev–Trinajstić information content (AvgIpc) is 3.28. The maximum atomic E-state index is 12.7. The Kier molecular flexibility index (Phi) is 5.69. The van der Waals surface area contributed by atoms with Crippen LogP contribution in [0.3, 0.4) is 0 Å². The summed E-state index contributed by atoms with van der Waals surface area (Å²) >= 11 is 0. The normalized spacial score (nSPS) is 15.1. The van der Waals surface area contributed by atoms with Gasteiger partial charge in [0.05, 0.1) is 26.0 Å². The molecule has 3 heterocycles. The van der Waals surface area contributed by atoms with E-state index < -0.39 is 0 Å². The molecule has 154 valence electrons. The number of Topliss-reactive ketones (excluding diaryl/α,β-unsaturated/α-hetero) is 1. The molecule has 0 saturated carbocycles. The maximum Gasteiger partial charge on any atom is 0.183 e. The minimum atomic E-state index is 0.0953. The van der Waals surface area contributed by atoms with Crippen LogP contribution in [0.4, 0.5) is 0 Å². The molecule has 1 aliphatic heterocycles. The van der Waals surface area contributed by atoms with E-state index in [0.717, 1.165) is 67.2 Å². The van der Waals surface area contributed by atoms with E-state index in [1.54, 1.807) is 11.8 Å². The molecular formula is C22H28N4O3. The van der Waals surface area contributed by atoms with Crippen LogP contribution in [-0.4, -0.2) is 65.0 Å². The van der Waals surface area contributed by atoms with E-state index in [1.807, 2.05) is 38.4 Å².